The molecule has 1 fully saturated rings. The molecule has 1 rings (SSSR count). The number of nitrogens with two attached hydrogens (primary N) is 2. The molecule has 60 valence electrons. The molecule has 0 radical (unpaired) electrons. The second kappa shape index (κ2) is 2.81. The Kier molecular flexibility index (Phi) is 2.22. The second-order valence-corrected chi connectivity index (χ2v) is 2.46. The van der Waals surface area contributed by atoms with Crippen LogP contribution in [-0.2, 0) is 4.74 Å². The zero-order chi connectivity index (χ0) is 7.72. The lowest BCUT2D eigenvalue weighted by molar-refractivity contribution is -0.196. The van der Waals surface area contributed by atoms with Crippen LogP contribution in [0.15, 0.2) is 0 Å². The Balaban J connectivity index is 2.52. The number of hydrogen-bond donors (Lipinski definition) is 4. The summed E-state index contributed by atoms with van der Waals surface area (Å²) in [4.78, 5) is 0. The number of aliphatic hydroxyl groups excluding tert-OH is 2. The lowest BCUT2D eigenvalue weighted by Gasteiger charge is -2.33. The van der Waals surface area contributed by atoms with Gasteiger partial charge in [-0.05, 0) is 0 Å². The van der Waals surface area contributed by atoms with Crippen LogP contribution in [0.2, 0.25) is 0 Å². The summed E-state index contributed by atoms with van der Waals surface area (Å²) in [6, 6.07) is -0.984. The predicted octanol–water partition coefficient (Wildman–Crippen LogP) is -2.65. The minimum absolute atomic E-state index is 0.194. The van der Waals surface area contributed by atoms with Crippen LogP contribution >= 0.6 is 0 Å². The molecule has 0 aromatic carbocycles. The first-order chi connectivity index (χ1) is 4.63. The van der Waals surface area contributed by atoms with Gasteiger partial charge in [0, 0.05) is 6.04 Å². The van der Waals surface area contributed by atoms with Crippen LogP contribution < -0.4 is 11.5 Å². The molecule has 1 aliphatic heterocycles. The molecule has 0 bridgehead atoms. The van der Waals surface area contributed by atoms with Crippen LogP contribution in [0.3, 0.4) is 0 Å². The quantitative estimate of drug-likeness (QED) is 0.300. The molecule has 10 heavy (non-hydrogen) atoms. The largest absolute Gasteiger partial charge is 0.386 e. The highest BCUT2D eigenvalue weighted by atomic mass is 16.6. The molecule has 1 heterocycles. The van der Waals surface area contributed by atoms with Gasteiger partial charge < -0.3 is 26.4 Å². The second-order valence-electron chi connectivity index (χ2n) is 2.46. The number of rotatable bonds is 0. The third-order valence-electron chi connectivity index (χ3n) is 1.64. The Hall–Kier alpha value is -0.200. The molecular formula is C5H12N2O3. The van der Waals surface area contributed by atoms with Crippen molar-refractivity contribution in [1.82, 2.24) is 0 Å². The summed E-state index contributed by atoms with van der Waals surface area (Å²) < 4.78 is 4.67. The minimum atomic E-state index is -1.19. The van der Waals surface area contributed by atoms with Gasteiger partial charge in [0.15, 0.2) is 6.29 Å². The van der Waals surface area contributed by atoms with Gasteiger partial charge in [-0.15, -0.1) is 0 Å². The normalized spacial score (nSPS) is 49.2. The lowest BCUT2D eigenvalue weighted by atomic mass is 10.0. The van der Waals surface area contributed by atoms with Crippen LogP contribution in [0.25, 0.3) is 0 Å². The maximum Gasteiger partial charge on any atom is 0.182 e. The van der Waals surface area contributed by atoms with E-state index in [0.717, 1.165) is 0 Å². The van der Waals surface area contributed by atoms with Gasteiger partial charge in [-0.1, -0.05) is 0 Å². The minimum Gasteiger partial charge on any atom is -0.386 e. The van der Waals surface area contributed by atoms with E-state index in [2.05, 4.69) is 4.74 Å². The molecular weight excluding hydrogens is 136 g/mol. The summed E-state index contributed by atoms with van der Waals surface area (Å²) >= 11 is 0. The van der Waals surface area contributed by atoms with Gasteiger partial charge in [0.2, 0.25) is 0 Å². The molecule has 5 nitrogen and oxygen atoms in total. The number of hydrogen-bond acceptors (Lipinski definition) is 5. The summed E-state index contributed by atoms with van der Waals surface area (Å²) in [7, 11) is 0. The first-order valence-corrected chi connectivity index (χ1v) is 3.12. The van der Waals surface area contributed by atoms with Crippen molar-refractivity contribution < 1.29 is 14.9 Å². The summed E-state index contributed by atoms with van der Waals surface area (Å²) in [5.74, 6) is 0. The van der Waals surface area contributed by atoms with Crippen molar-refractivity contribution >= 4 is 0 Å². The molecule has 0 aromatic heterocycles. The van der Waals surface area contributed by atoms with Crippen LogP contribution in [-0.4, -0.2) is 41.3 Å². The van der Waals surface area contributed by atoms with E-state index in [1.165, 1.54) is 0 Å². The summed E-state index contributed by atoms with van der Waals surface area (Å²) in [5.41, 5.74) is 10.8. The van der Waals surface area contributed by atoms with E-state index in [1.807, 2.05) is 0 Å². The van der Waals surface area contributed by atoms with E-state index in [-0.39, 0.29) is 6.61 Å². The average Bonchev–Trinajstić information content (AvgIpc) is 1.93. The fourth-order valence-corrected chi connectivity index (χ4v) is 0.863. The smallest absolute Gasteiger partial charge is 0.182 e. The van der Waals surface area contributed by atoms with Crippen molar-refractivity contribution in [3.8, 4) is 0 Å². The van der Waals surface area contributed by atoms with Gasteiger partial charge in [0.1, 0.15) is 6.10 Å². The number of ether oxygens (including phenoxy) is 1. The molecule has 5 heteroatoms. The van der Waals surface area contributed by atoms with Gasteiger partial charge in [0.05, 0.1) is 12.6 Å². The third-order valence-corrected chi connectivity index (χ3v) is 1.64. The van der Waals surface area contributed by atoms with Crippen molar-refractivity contribution in [3.05, 3.63) is 0 Å². The molecule has 0 unspecified atom stereocenters. The summed E-state index contributed by atoms with van der Waals surface area (Å²) in [6.07, 6.45) is -2.25. The third kappa shape index (κ3) is 1.28. The van der Waals surface area contributed by atoms with Crippen molar-refractivity contribution in [3.63, 3.8) is 0 Å². The first-order valence-electron chi connectivity index (χ1n) is 3.12. The molecule has 0 aromatic rings. The zero-order valence-electron chi connectivity index (χ0n) is 5.47. The summed E-state index contributed by atoms with van der Waals surface area (Å²) in [5, 5.41) is 17.9. The van der Waals surface area contributed by atoms with Crippen LogP contribution in [0, 0.1) is 0 Å². The fraction of sp³-hybridized carbons (Fsp3) is 1.00. The Morgan fingerprint density at radius 1 is 1.30 bits per heavy atom. The highest BCUT2D eigenvalue weighted by Gasteiger charge is 2.33. The molecule has 0 amide bonds. The highest BCUT2D eigenvalue weighted by molar-refractivity contribution is 4.87. The van der Waals surface area contributed by atoms with Crippen LogP contribution in [0.4, 0.5) is 0 Å². The Morgan fingerprint density at radius 3 is 2.40 bits per heavy atom. The predicted molar refractivity (Wildman–Crippen MR) is 33.9 cm³/mol. The molecule has 0 saturated carbocycles. The highest BCUT2D eigenvalue weighted by Crippen LogP contribution is 2.09. The van der Waals surface area contributed by atoms with Gasteiger partial charge in [-0.2, -0.15) is 0 Å². The van der Waals surface area contributed by atoms with E-state index in [9.17, 15) is 0 Å². The van der Waals surface area contributed by atoms with E-state index >= 15 is 0 Å². The van der Waals surface area contributed by atoms with Crippen LogP contribution in [0.5, 0.6) is 0 Å². The summed E-state index contributed by atoms with van der Waals surface area (Å²) in [6.45, 7) is 0.194. The molecule has 4 atom stereocenters. The van der Waals surface area contributed by atoms with Crippen molar-refractivity contribution in [2.24, 2.45) is 11.5 Å². The standard InChI is InChI=1S/C5H12N2O3/c6-2-1-10-5(9)4(8)3(2)7/h2-5,8-9H,1,6-7H2/t2-,3+,4-,5-/m1/s1. The number of aliphatic hydroxyl groups is 2. The fourth-order valence-electron chi connectivity index (χ4n) is 0.863. The molecule has 0 aliphatic carbocycles. The molecule has 1 saturated heterocycles. The maximum atomic E-state index is 9.04. The van der Waals surface area contributed by atoms with Gasteiger partial charge in [-0.25, -0.2) is 0 Å². The molecule has 0 spiro atoms. The van der Waals surface area contributed by atoms with E-state index in [1.54, 1.807) is 0 Å². The van der Waals surface area contributed by atoms with E-state index in [0.29, 0.717) is 0 Å². The van der Waals surface area contributed by atoms with Gasteiger partial charge in [0.25, 0.3) is 0 Å². The van der Waals surface area contributed by atoms with Crippen molar-refractivity contribution in [2.75, 3.05) is 6.61 Å². The first kappa shape index (κ1) is 7.90. The lowest BCUT2D eigenvalue weighted by Crippen LogP contribution is -2.60. The molecule has 1 aliphatic rings. The average molecular weight is 148 g/mol. The topological polar surface area (TPSA) is 102 Å². The molecule has 6 N–H and O–H groups in total. The van der Waals surface area contributed by atoms with Crippen LogP contribution in [0.1, 0.15) is 0 Å². The van der Waals surface area contributed by atoms with Gasteiger partial charge in [-0.3, -0.25) is 0 Å². The maximum absolute atomic E-state index is 9.04. The Morgan fingerprint density at radius 2 is 1.90 bits per heavy atom. The van der Waals surface area contributed by atoms with Crippen molar-refractivity contribution in [2.45, 2.75) is 24.5 Å². The van der Waals surface area contributed by atoms with E-state index < -0.39 is 24.5 Å². The Labute approximate surface area is 58.6 Å². The van der Waals surface area contributed by atoms with Crippen molar-refractivity contribution in [1.29, 1.82) is 0 Å². The van der Waals surface area contributed by atoms with Gasteiger partial charge >= 0.3 is 0 Å². The SMILES string of the molecule is N[C@@H]1[C@@H](O)[C@H](O)OC[C@H]1N. The monoisotopic (exact) mass is 148 g/mol. The zero-order valence-corrected chi connectivity index (χ0v) is 5.47. The Bertz CT molecular complexity index is 107. The van der Waals surface area contributed by atoms with E-state index in [4.69, 9.17) is 21.7 Å².